The molecule has 2 rings (SSSR count). The third kappa shape index (κ3) is 3.01. The van der Waals surface area contributed by atoms with Gasteiger partial charge in [-0.1, -0.05) is 24.3 Å². The zero-order chi connectivity index (χ0) is 13.0. The molecule has 18 heavy (non-hydrogen) atoms. The minimum atomic E-state index is -0.401. The highest BCUT2D eigenvalue weighted by atomic mass is 16.6. The normalized spacial score (nSPS) is 10.7. The number of aromatic nitrogens is 1. The van der Waals surface area contributed by atoms with Gasteiger partial charge < -0.3 is 0 Å². The van der Waals surface area contributed by atoms with Crippen molar-refractivity contribution in [2.75, 3.05) is 0 Å². The molecule has 0 amide bonds. The van der Waals surface area contributed by atoms with Gasteiger partial charge in [0, 0.05) is 17.8 Å². The van der Waals surface area contributed by atoms with E-state index in [0.29, 0.717) is 0 Å². The number of aryl methyl sites for hydroxylation is 1. The fraction of sp³-hybridized carbons (Fsp3) is 0.0714. The van der Waals surface area contributed by atoms with Gasteiger partial charge in [0.2, 0.25) is 0 Å². The first-order valence-electron chi connectivity index (χ1n) is 5.51. The molecule has 0 saturated heterocycles. The third-order valence-corrected chi connectivity index (χ3v) is 2.44. The molecule has 1 aromatic heterocycles. The number of benzene rings is 1. The van der Waals surface area contributed by atoms with Crippen molar-refractivity contribution in [3.63, 3.8) is 0 Å². The first-order valence-corrected chi connectivity index (χ1v) is 5.51. The number of rotatable bonds is 3. The summed E-state index contributed by atoms with van der Waals surface area (Å²) < 4.78 is 0. The van der Waals surface area contributed by atoms with E-state index in [2.05, 4.69) is 4.98 Å². The van der Waals surface area contributed by atoms with Crippen molar-refractivity contribution >= 4 is 17.8 Å². The molecule has 90 valence electrons. The molecule has 0 fully saturated rings. The van der Waals surface area contributed by atoms with Crippen LogP contribution in [-0.4, -0.2) is 9.91 Å². The lowest BCUT2D eigenvalue weighted by molar-refractivity contribution is -0.384. The molecule has 0 radical (unpaired) electrons. The molecule has 0 bridgehead atoms. The van der Waals surface area contributed by atoms with Crippen LogP contribution in [0.1, 0.15) is 17.0 Å². The van der Waals surface area contributed by atoms with E-state index >= 15 is 0 Å². The molecule has 0 spiro atoms. The van der Waals surface area contributed by atoms with Crippen molar-refractivity contribution in [3.8, 4) is 0 Å². The van der Waals surface area contributed by atoms with Crippen LogP contribution in [-0.2, 0) is 0 Å². The van der Waals surface area contributed by atoms with Crippen LogP contribution in [0.15, 0.2) is 42.5 Å². The molecule has 0 aliphatic heterocycles. The molecule has 4 nitrogen and oxygen atoms in total. The van der Waals surface area contributed by atoms with Crippen molar-refractivity contribution in [1.29, 1.82) is 0 Å². The van der Waals surface area contributed by atoms with Gasteiger partial charge in [-0.25, -0.2) is 0 Å². The second-order valence-corrected chi connectivity index (χ2v) is 3.89. The molecule has 1 aromatic carbocycles. The van der Waals surface area contributed by atoms with E-state index in [4.69, 9.17) is 0 Å². The summed E-state index contributed by atoms with van der Waals surface area (Å²) in [5.74, 6) is 0. The maximum Gasteiger partial charge on any atom is 0.270 e. The molecular weight excluding hydrogens is 228 g/mol. The second-order valence-electron chi connectivity index (χ2n) is 3.89. The van der Waals surface area contributed by atoms with E-state index in [1.54, 1.807) is 6.07 Å². The van der Waals surface area contributed by atoms with Crippen LogP contribution in [0, 0.1) is 17.0 Å². The Morgan fingerprint density at radius 1 is 1.17 bits per heavy atom. The van der Waals surface area contributed by atoms with E-state index in [1.165, 1.54) is 12.1 Å². The van der Waals surface area contributed by atoms with Crippen molar-refractivity contribution in [2.24, 2.45) is 0 Å². The van der Waals surface area contributed by atoms with Crippen molar-refractivity contribution in [1.82, 2.24) is 4.98 Å². The summed E-state index contributed by atoms with van der Waals surface area (Å²) in [5.41, 5.74) is 2.65. The summed E-state index contributed by atoms with van der Waals surface area (Å²) in [7, 11) is 0. The van der Waals surface area contributed by atoms with E-state index in [0.717, 1.165) is 17.0 Å². The fourth-order valence-electron chi connectivity index (χ4n) is 1.58. The van der Waals surface area contributed by atoms with Gasteiger partial charge in [-0.15, -0.1) is 0 Å². The van der Waals surface area contributed by atoms with Gasteiger partial charge in [-0.05, 0) is 30.7 Å². The minimum absolute atomic E-state index is 0.0920. The highest BCUT2D eigenvalue weighted by Gasteiger charge is 2.03. The minimum Gasteiger partial charge on any atom is -0.258 e. The lowest BCUT2D eigenvalue weighted by Gasteiger charge is -1.96. The number of hydrogen-bond acceptors (Lipinski definition) is 3. The summed E-state index contributed by atoms with van der Waals surface area (Å²) in [6.07, 6.45) is 3.65. The molecule has 0 aliphatic carbocycles. The molecule has 0 saturated carbocycles. The van der Waals surface area contributed by atoms with Gasteiger partial charge in [0.15, 0.2) is 0 Å². The van der Waals surface area contributed by atoms with Crippen LogP contribution < -0.4 is 0 Å². The highest BCUT2D eigenvalue weighted by Crippen LogP contribution is 2.15. The summed E-state index contributed by atoms with van der Waals surface area (Å²) in [4.78, 5) is 14.6. The molecule has 0 N–H and O–H groups in total. The monoisotopic (exact) mass is 240 g/mol. The lowest BCUT2D eigenvalue weighted by Crippen LogP contribution is -1.87. The number of nitrogens with zero attached hydrogens (tertiary/aromatic N) is 2. The smallest absolute Gasteiger partial charge is 0.258 e. The Morgan fingerprint density at radius 2 is 1.94 bits per heavy atom. The van der Waals surface area contributed by atoms with Crippen molar-refractivity contribution in [2.45, 2.75) is 6.92 Å². The average molecular weight is 240 g/mol. The molecule has 0 atom stereocenters. The number of hydrogen-bond donors (Lipinski definition) is 0. The Morgan fingerprint density at radius 3 is 2.67 bits per heavy atom. The Bertz CT molecular complexity index is 606. The number of pyridine rings is 1. The average Bonchev–Trinajstić information content (AvgIpc) is 2.37. The lowest BCUT2D eigenvalue weighted by atomic mass is 10.1. The zero-order valence-electron chi connectivity index (χ0n) is 9.91. The summed E-state index contributed by atoms with van der Waals surface area (Å²) in [6, 6.07) is 12.2. The van der Waals surface area contributed by atoms with Crippen molar-refractivity contribution < 1.29 is 4.92 Å². The maximum atomic E-state index is 10.6. The van der Waals surface area contributed by atoms with Gasteiger partial charge in [-0.2, -0.15) is 0 Å². The Kier molecular flexibility index (Phi) is 3.48. The predicted octanol–water partition coefficient (Wildman–Crippen LogP) is 3.47. The Balaban J connectivity index is 2.23. The SMILES string of the molecule is Cc1cccc(C=Cc2cccc([N+](=O)[O-])c2)n1. The summed E-state index contributed by atoms with van der Waals surface area (Å²) in [6.45, 7) is 1.92. The maximum absolute atomic E-state index is 10.6. The second kappa shape index (κ2) is 5.23. The molecule has 0 unspecified atom stereocenters. The van der Waals surface area contributed by atoms with E-state index in [9.17, 15) is 10.1 Å². The van der Waals surface area contributed by atoms with E-state index in [-0.39, 0.29) is 5.69 Å². The van der Waals surface area contributed by atoms with E-state index < -0.39 is 4.92 Å². The highest BCUT2D eigenvalue weighted by molar-refractivity contribution is 5.69. The van der Waals surface area contributed by atoms with E-state index in [1.807, 2.05) is 43.3 Å². The fourth-order valence-corrected chi connectivity index (χ4v) is 1.58. The van der Waals surface area contributed by atoms with Gasteiger partial charge >= 0.3 is 0 Å². The number of nitro benzene ring substituents is 1. The molecule has 0 aliphatic rings. The Hall–Kier alpha value is -2.49. The Labute approximate surface area is 105 Å². The molecule has 1 heterocycles. The van der Waals surface area contributed by atoms with Crippen LogP contribution in [0.5, 0.6) is 0 Å². The summed E-state index contributed by atoms with van der Waals surface area (Å²) in [5, 5.41) is 10.6. The molecule has 4 heteroatoms. The number of non-ortho nitro benzene ring substituents is 1. The van der Waals surface area contributed by atoms with Gasteiger partial charge in [0.25, 0.3) is 5.69 Å². The van der Waals surface area contributed by atoms with Crippen LogP contribution in [0.3, 0.4) is 0 Å². The van der Waals surface area contributed by atoms with Crippen LogP contribution in [0.2, 0.25) is 0 Å². The molecule has 2 aromatic rings. The number of nitro groups is 1. The largest absolute Gasteiger partial charge is 0.270 e. The van der Waals surface area contributed by atoms with Gasteiger partial charge in [-0.3, -0.25) is 15.1 Å². The first kappa shape index (κ1) is 12.0. The topological polar surface area (TPSA) is 56.0 Å². The predicted molar refractivity (Wildman–Crippen MR) is 71.0 cm³/mol. The molecular formula is C14H12N2O2. The third-order valence-electron chi connectivity index (χ3n) is 2.44. The zero-order valence-corrected chi connectivity index (χ0v) is 9.91. The van der Waals surface area contributed by atoms with Crippen molar-refractivity contribution in [3.05, 3.63) is 69.5 Å². The van der Waals surface area contributed by atoms with Gasteiger partial charge in [0.05, 0.1) is 10.6 Å². The summed E-state index contributed by atoms with van der Waals surface area (Å²) >= 11 is 0. The quantitative estimate of drug-likeness (QED) is 0.609. The standard InChI is InChI=1S/C14H12N2O2/c1-11-4-2-6-13(15-11)9-8-12-5-3-7-14(10-12)16(17)18/h2-10H,1H3. The van der Waals surface area contributed by atoms with Crippen LogP contribution >= 0.6 is 0 Å². The van der Waals surface area contributed by atoms with Crippen LogP contribution in [0.25, 0.3) is 12.2 Å². The van der Waals surface area contributed by atoms with Crippen LogP contribution in [0.4, 0.5) is 5.69 Å². The first-order chi connectivity index (χ1) is 8.65. The van der Waals surface area contributed by atoms with Gasteiger partial charge in [0.1, 0.15) is 0 Å².